The van der Waals surface area contributed by atoms with E-state index in [0.717, 1.165) is 25.7 Å². The highest BCUT2D eigenvalue weighted by molar-refractivity contribution is 7.89. The molecule has 0 atom stereocenters. The maximum atomic E-state index is 13.1. The zero-order valence-electron chi connectivity index (χ0n) is 16.8. The van der Waals surface area contributed by atoms with Crippen LogP contribution in [0.3, 0.4) is 0 Å². The van der Waals surface area contributed by atoms with Gasteiger partial charge in [-0.2, -0.15) is 4.31 Å². The SMILES string of the molecule is CC(=O)c1cccc(NC(=O)c2cc(S(=O)(=O)N3CCCCCC3)ccc2C)c1. The van der Waals surface area contributed by atoms with Crippen LogP contribution in [0.5, 0.6) is 0 Å². The summed E-state index contributed by atoms with van der Waals surface area (Å²) in [5.74, 6) is -0.501. The molecule has 1 N–H and O–H groups in total. The fourth-order valence-corrected chi connectivity index (χ4v) is 5.00. The Morgan fingerprint density at radius 2 is 1.66 bits per heavy atom. The van der Waals surface area contributed by atoms with Crippen molar-refractivity contribution in [2.45, 2.75) is 44.4 Å². The second-order valence-electron chi connectivity index (χ2n) is 7.39. The number of amides is 1. The number of sulfonamides is 1. The number of aryl methyl sites for hydroxylation is 1. The number of carbonyl (C=O) groups excluding carboxylic acids is 2. The van der Waals surface area contributed by atoms with Gasteiger partial charge in [0.05, 0.1) is 4.90 Å². The average Bonchev–Trinajstić information content (AvgIpc) is 2.98. The summed E-state index contributed by atoms with van der Waals surface area (Å²) in [7, 11) is -3.64. The Kier molecular flexibility index (Phi) is 6.49. The third kappa shape index (κ3) is 4.92. The predicted molar refractivity (Wildman–Crippen MR) is 113 cm³/mol. The van der Waals surface area contributed by atoms with E-state index in [1.54, 1.807) is 43.3 Å². The van der Waals surface area contributed by atoms with E-state index in [-0.39, 0.29) is 10.7 Å². The van der Waals surface area contributed by atoms with Gasteiger partial charge in [0.15, 0.2) is 5.78 Å². The molecule has 2 aromatic carbocycles. The van der Waals surface area contributed by atoms with Gasteiger partial charge in [0, 0.05) is 29.9 Å². The van der Waals surface area contributed by atoms with Crippen LogP contribution in [-0.2, 0) is 10.0 Å². The van der Waals surface area contributed by atoms with Crippen LogP contribution in [0.25, 0.3) is 0 Å². The van der Waals surface area contributed by atoms with Crippen LogP contribution in [0.2, 0.25) is 0 Å². The fourth-order valence-electron chi connectivity index (χ4n) is 3.45. The molecule has 0 spiro atoms. The first-order chi connectivity index (χ1) is 13.8. The number of nitrogens with zero attached hydrogens (tertiary/aromatic N) is 1. The predicted octanol–water partition coefficient (Wildman–Crippen LogP) is 4.01. The second kappa shape index (κ2) is 8.88. The molecule has 3 rings (SSSR count). The topological polar surface area (TPSA) is 83.5 Å². The van der Waals surface area contributed by atoms with Gasteiger partial charge in [0.2, 0.25) is 10.0 Å². The third-order valence-corrected chi connectivity index (χ3v) is 7.08. The van der Waals surface area contributed by atoms with E-state index in [1.165, 1.54) is 17.3 Å². The van der Waals surface area contributed by atoms with Gasteiger partial charge in [-0.25, -0.2) is 8.42 Å². The maximum Gasteiger partial charge on any atom is 0.255 e. The van der Waals surface area contributed by atoms with Gasteiger partial charge in [-0.15, -0.1) is 0 Å². The summed E-state index contributed by atoms with van der Waals surface area (Å²) in [5.41, 5.74) is 1.97. The monoisotopic (exact) mass is 414 g/mol. The van der Waals surface area contributed by atoms with E-state index in [1.807, 2.05) is 0 Å². The lowest BCUT2D eigenvalue weighted by Crippen LogP contribution is -2.32. The van der Waals surface area contributed by atoms with Crippen molar-refractivity contribution in [1.82, 2.24) is 4.31 Å². The van der Waals surface area contributed by atoms with Gasteiger partial charge in [-0.3, -0.25) is 9.59 Å². The van der Waals surface area contributed by atoms with E-state index in [0.29, 0.717) is 35.5 Å². The molecule has 29 heavy (non-hydrogen) atoms. The summed E-state index contributed by atoms with van der Waals surface area (Å²) in [6.45, 7) is 4.25. The zero-order valence-corrected chi connectivity index (χ0v) is 17.6. The number of Topliss-reactive ketones (excluding diaryl/α,β-unsaturated/α-hetero) is 1. The van der Waals surface area contributed by atoms with E-state index in [2.05, 4.69) is 5.32 Å². The van der Waals surface area contributed by atoms with E-state index in [4.69, 9.17) is 0 Å². The molecule has 154 valence electrons. The fraction of sp³-hybridized carbons (Fsp3) is 0.364. The number of anilines is 1. The molecular formula is C22H26N2O4S. The molecule has 0 unspecified atom stereocenters. The van der Waals surface area contributed by atoms with Crippen molar-refractivity contribution in [1.29, 1.82) is 0 Å². The van der Waals surface area contributed by atoms with Gasteiger partial charge in [0.1, 0.15) is 0 Å². The van der Waals surface area contributed by atoms with Gasteiger partial charge in [-0.05, 0) is 56.5 Å². The van der Waals surface area contributed by atoms with Crippen molar-refractivity contribution >= 4 is 27.4 Å². The Morgan fingerprint density at radius 1 is 0.966 bits per heavy atom. The van der Waals surface area contributed by atoms with Crippen LogP contribution in [0.1, 0.15) is 58.9 Å². The van der Waals surface area contributed by atoms with Crippen LogP contribution in [0.15, 0.2) is 47.4 Å². The van der Waals surface area contributed by atoms with Crippen LogP contribution in [-0.4, -0.2) is 37.5 Å². The minimum Gasteiger partial charge on any atom is -0.322 e. The van der Waals surface area contributed by atoms with Gasteiger partial charge < -0.3 is 5.32 Å². The summed E-state index contributed by atoms with van der Waals surface area (Å²) in [4.78, 5) is 24.5. The first kappa shape index (κ1) is 21.2. The lowest BCUT2D eigenvalue weighted by molar-refractivity contribution is 0.101. The molecule has 1 saturated heterocycles. The van der Waals surface area contributed by atoms with Crippen molar-refractivity contribution in [2.24, 2.45) is 0 Å². The largest absolute Gasteiger partial charge is 0.322 e. The van der Waals surface area contributed by atoms with Crippen molar-refractivity contribution in [3.63, 3.8) is 0 Å². The lowest BCUT2D eigenvalue weighted by atomic mass is 10.1. The Morgan fingerprint density at radius 3 is 2.31 bits per heavy atom. The molecule has 1 aliphatic heterocycles. The standard InChI is InChI=1S/C22H26N2O4S/c1-16-10-11-20(29(27,28)24-12-5-3-4-6-13-24)15-21(16)22(26)23-19-9-7-8-18(14-19)17(2)25/h7-11,14-15H,3-6,12-13H2,1-2H3,(H,23,26). The molecule has 7 heteroatoms. The van der Waals surface area contributed by atoms with Crippen molar-refractivity contribution in [3.8, 4) is 0 Å². The number of hydrogen-bond acceptors (Lipinski definition) is 4. The molecule has 0 bridgehead atoms. The third-order valence-electron chi connectivity index (χ3n) is 5.18. The number of hydrogen-bond donors (Lipinski definition) is 1. The molecule has 1 amide bonds. The lowest BCUT2D eigenvalue weighted by Gasteiger charge is -2.20. The van der Waals surface area contributed by atoms with E-state index < -0.39 is 15.9 Å². The first-order valence-electron chi connectivity index (χ1n) is 9.82. The van der Waals surface area contributed by atoms with Crippen LogP contribution in [0.4, 0.5) is 5.69 Å². The molecule has 0 radical (unpaired) electrons. The van der Waals surface area contributed by atoms with E-state index >= 15 is 0 Å². The normalized spacial score (nSPS) is 15.5. The second-order valence-corrected chi connectivity index (χ2v) is 9.32. The van der Waals surface area contributed by atoms with Crippen molar-refractivity contribution in [2.75, 3.05) is 18.4 Å². The summed E-state index contributed by atoms with van der Waals surface area (Å²) in [6.07, 6.45) is 3.77. The number of carbonyl (C=O) groups is 2. The highest BCUT2D eigenvalue weighted by Gasteiger charge is 2.26. The Bertz CT molecular complexity index is 1020. The van der Waals surface area contributed by atoms with Crippen LogP contribution in [0, 0.1) is 6.92 Å². The Balaban J connectivity index is 1.87. The van der Waals surface area contributed by atoms with Gasteiger partial charge in [-0.1, -0.05) is 31.0 Å². The summed E-state index contributed by atoms with van der Waals surface area (Å²) >= 11 is 0. The number of nitrogens with one attached hydrogen (secondary N) is 1. The zero-order chi connectivity index (χ0) is 21.0. The molecule has 6 nitrogen and oxygen atoms in total. The van der Waals surface area contributed by atoms with Crippen LogP contribution < -0.4 is 5.32 Å². The van der Waals surface area contributed by atoms with E-state index in [9.17, 15) is 18.0 Å². The summed E-state index contributed by atoms with van der Waals surface area (Å²) in [5, 5.41) is 2.76. The minimum absolute atomic E-state index is 0.0946. The van der Waals surface area contributed by atoms with Crippen LogP contribution >= 0.6 is 0 Å². The molecule has 1 aliphatic rings. The summed E-state index contributed by atoms with van der Waals surface area (Å²) < 4.78 is 27.6. The minimum atomic E-state index is -3.64. The molecule has 1 heterocycles. The average molecular weight is 415 g/mol. The molecule has 0 aromatic heterocycles. The maximum absolute atomic E-state index is 13.1. The number of benzene rings is 2. The van der Waals surface area contributed by atoms with Crippen molar-refractivity contribution in [3.05, 3.63) is 59.2 Å². The Labute approximate surface area is 172 Å². The summed E-state index contributed by atoms with van der Waals surface area (Å²) in [6, 6.07) is 11.3. The molecular weight excluding hydrogens is 388 g/mol. The highest BCUT2D eigenvalue weighted by atomic mass is 32.2. The molecule has 1 fully saturated rings. The quantitative estimate of drug-likeness (QED) is 0.749. The molecule has 0 saturated carbocycles. The first-order valence-corrected chi connectivity index (χ1v) is 11.3. The molecule has 2 aromatic rings. The molecule has 0 aliphatic carbocycles. The highest BCUT2D eigenvalue weighted by Crippen LogP contribution is 2.23. The number of ketones is 1. The van der Waals surface area contributed by atoms with Crippen molar-refractivity contribution < 1.29 is 18.0 Å². The Hall–Kier alpha value is -2.51. The van der Waals surface area contributed by atoms with Gasteiger partial charge >= 0.3 is 0 Å². The smallest absolute Gasteiger partial charge is 0.255 e. The van der Waals surface area contributed by atoms with Gasteiger partial charge in [0.25, 0.3) is 5.91 Å². The number of rotatable bonds is 5.